The van der Waals surface area contributed by atoms with Gasteiger partial charge in [0.2, 0.25) is 11.7 Å². The van der Waals surface area contributed by atoms with Gasteiger partial charge in [-0.2, -0.15) is 0 Å². The summed E-state index contributed by atoms with van der Waals surface area (Å²) in [4.78, 5) is 33.0. The fourth-order valence-corrected chi connectivity index (χ4v) is 3.15. The Bertz CT molecular complexity index is 580. The number of hydrogen-bond acceptors (Lipinski definition) is 6. The Morgan fingerprint density at radius 2 is 1.87 bits per heavy atom. The van der Waals surface area contributed by atoms with Gasteiger partial charge in [-0.25, -0.2) is 4.98 Å². The Morgan fingerprint density at radius 3 is 2.52 bits per heavy atom. The molecule has 2 fully saturated rings. The maximum atomic E-state index is 12.2. The second-order valence-corrected chi connectivity index (χ2v) is 5.95. The molecule has 2 aliphatic rings. The summed E-state index contributed by atoms with van der Waals surface area (Å²) in [6, 6.07) is 3.05. The zero-order valence-electron chi connectivity index (χ0n) is 13.1. The zero-order valence-corrected chi connectivity index (χ0v) is 13.1. The fraction of sp³-hybridized carbons (Fsp3) is 0.600. The maximum Gasteiger partial charge on any atom is 0.311 e. The molecular formula is C15H21N5O3. The SMILES string of the molecule is O=C(CN1CCN(c2ncccc2[N+](=O)[O-])CC1)N1CCCC1. The average Bonchev–Trinajstić information content (AvgIpc) is 3.10. The lowest BCUT2D eigenvalue weighted by atomic mass is 10.2. The van der Waals surface area contributed by atoms with Gasteiger partial charge in [0.15, 0.2) is 0 Å². The molecule has 0 spiro atoms. The molecular weight excluding hydrogens is 298 g/mol. The Kier molecular flexibility index (Phi) is 4.71. The monoisotopic (exact) mass is 319 g/mol. The van der Waals surface area contributed by atoms with E-state index in [-0.39, 0.29) is 11.6 Å². The van der Waals surface area contributed by atoms with Crippen molar-refractivity contribution in [2.75, 3.05) is 50.7 Å². The standard InChI is InChI=1S/C15H21N5O3/c21-14(18-6-1-2-7-18)12-17-8-10-19(11-9-17)15-13(20(22)23)4-3-5-16-15/h3-5H,1-2,6-12H2. The van der Waals surface area contributed by atoms with Crippen molar-refractivity contribution in [1.29, 1.82) is 0 Å². The van der Waals surface area contributed by atoms with Crippen LogP contribution in [0.3, 0.4) is 0 Å². The van der Waals surface area contributed by atoms with Crippen molar-refractivity contribution < 1.29 is 9.72 Å². The van der Waals surface area contributed by atoms with Crippen LogP contribution in [0.1, 0.15) is 12.8 Å². The first-order valence-electron chi connectivity index (χ1n) is 7.99. The Balaban J connectivity index is 1.56. The molecule has 1 amide bonds. The lowest BCUT2D eigenvalue weighted by Gasteiger charge is -2.35. The van der Waals surface area contributed by atoms with Crippen molar-refractivity contribution >= 4 is 17.4 Å². The lowest BCUT2D eigenvalue weighted by molar-refractivity contribution is -0.384. The summed E-state index contributed by atoms with van der Waals surface area (Å²) in [5.74, 6) is 0.614. The van der Waals surface area contributed by atoms with Gasteiger partial charge in [0.25, 0.3) is 0 Å². The van der Waals surface area contributed by atoms with Crippen molar-refractivity contribution in [2.24, 2.45) is 0 Å². The second-order valence-electron chi connectivity index (χ2n) is 5.95. The van der Waals surface area contributed by atoms with Gasteiger partial charge in [-0.1, -0.05) is 0 Å². The summed E-state index contributed by atoms with van der Waals surface area (Å²) >= 11 is 0. The number of anilines is 1. The van der Waals surface area contributed by atoms with E-state index in [0.29, 0.717) is 38.5 Å². The van der Waals surface area contributed by atoms with E-state index in [0.717, 1.165) is 25.9 Å². The molecule has 3 rings (SSSR count). The topological polar surface area (TPSA) is 82.8 Å². The minimum Gasteiger partial charge on any atom is -0.348 e. The van der Waals surface area contributed by atoms with E-state index < -0.39 is 4.92 Å². The van der Waals surface area contributed by atoms with Crippen LogP contribution in [0.15, 0.2) is 18.3 Å². The molecule has 0 saturated carbocycles. The van der Waals surface area contributed by atoms with E-state index in [2.05, 4.69) is 9.88 Å². The molecule has 3 heterocycles. The largest absolute Gasteiger partial charge is 0.348 e. The highest BCUT2D eigenvalue weighted by molar-refractivity contribution is 5.78. The van der Waals surface area contributed by atoms with Crippen LogP contribution in [0.4, 0.5) is 11.5 Å². The molecule has 2 aliphatic heterocycles. The number of pyridine rings is 1. The highest BCUT2D eigenvalue weighted by Crippen LogP contribution is 2.25. The number of carbonyl (C=O) groups excluding carboxylic acids is 1. The highest BCUT2D eigenvalue weighted by Gasteiger charge is 2.26. The van der Waals surface area contributed by atoms with Crippen molar-refractivity contribution in [3.8, 4) is 0 Å². The average molecular weight is 319 g/mol. The molecule has 1 aromatic heterocycles. The van der Waals surface area contributed by atoms with Gasteiger partial charge in [0.05, 0.1) is 11.5 Å². The number of nitrogens with zero attached hydrogens (tertiary/aromatic N) is 5. The van der Waals surface area contributed by atoms with Gasteiger partial charge in [-0.15, -0.1) is 0 Å². The van der Waals surface area contributed by atoms with E-state index in [1.165, 1.54) is 6.07 Å². The number of hydrogen-bond donors (Lipinski definition) is 0. The van der Waals surface area contributed by atoms with E-state index in [9.17, 15) is 14.9 Å². The van der Waals surface area contributed by atoms with Crippen molar-refractivity contribution in [2.45, 2.75) is 12.8 Å². The minimum absolute atomic E-state index is 0.0362. The summed E-state index contributed by atoms with van der Waals surface area (Å²) in [5.41, 5.74) is 0.0362. The third-order valence-corrected chi connectivity index (χ3v) is 4.45. The van der Waals surface area contributed by atoms with Gasteiger partial charge < -0.3 is 9.80 Å². The van der Waals surface area contributed by atoms with Crippen LogP contribution in [-0.4, -0.2) is 71.4 Å². The molecule has 2 saturated heterocycles. The molecule has 0 N–H and O–H groups in total. The van der Waals surface area contributed by atoms with E-state index in [1.54, 1.807) is 12.3 Å². The predicted molar refractivity (Wildman–Crippen MR) is 85.4 cm³/mol. The third-order valence-electron chi connectivity index (χ3n) is 4.45. The molecule has 0 aliphatic carbocycles. The van der Waals surface area contributed by atoms with Gasteiger partial charge in [0.1, 0.15) is 0 Å². The Morgan fingerprint density at radius 1 is 1.17 bits per heavy atom. The first-order chi connectivity index (χ1) is 11.1. The van der Waals surface area contributed by atoms with Crippen molar-refractivity contribution in [1.82, 2.24) is 14.8 Å². The van der Waals surface area contributed by atoms with Crippen LogP contribution in [0.2, 0.25) is 0 Å². The first kappa shape index (κ1) is 15.7. The van der Waals surface area contributed by atoms with Crippen LogP contribution < -0.4 is 4.90 Å². The summed E-state index contributed by atoms with van der Waals surface area (Å²) in [6.07, 6.45) is 3.78. The zero-order chi connectivity index (χ0) is 16.2. The number of piperazine rings is 1. The van der Waals surface area contributed by atoms with Gasteiger partial charge in [-0.05, 0) is 18.9 Å². The normalized spacial score (nSPS) is 19.1. The highest BCUT2D eigenvalue weighted by atomic mass is 16.6. The summed E-state index contributed by atoms with van der Waals surface area (Å²) in [6.45, 7) is 4.91. The van der Waals surface area contributed by atoms with E-state index >= 15 is 0 Å². The van der Waals surface area contributed by atoms with Crippen LogP contribution >= 0.6 is 0 Å². The Hall–Kier alpha value is -2.22. The number of carbonyl (C=O) groups is 1. The van der Waals surface area contributed by atoms with Crippen LogP contribution in [0.25, 0.3) is 0 Å². The summed E-state index contributed by atoms with van der Waals surface area (Å²) < 4.78 is 0. The summed E-state index contributed by atoms with van der Waals surface area (Å²) in [7, 11) is 0. The molecule has 23 heavy (non-hydrogen) atoms. The molecule has 8 heteroatoms. The third kappa shape index (κ3) is 3.58. The molecule has 124 valence electrons. The van der Waals surface area contributed by atoms with Crippen LogP contribution in [-0.2, 0) is 4.79 Å². The number of aromatic nitrogens is 1. The lowest BCUT2D eigenvalue weighted by Crippen LogP contribution is -2.50. The maximum absolute atomic E-state index is 12.2. The van der Waals surface area contributed by atoms with Gasteiger partial charge in [0, 0.05) is 51.5 Å². The van der Waals surface area contributed by atoms with Crippen molar-refractivity contribution in [3.63, 3.8) is 0 Å². The minimum atomic E-state index is -0.397. The van der Waals surface area contributed by atoms with Gasteiger partial charge in [-0.3, -0.25) is 19.8 Å². The molecule has 8 nitrogen and oxygen atoms in total. The predicted octanol–water partition coefficient (Wildman–Crippen LogP) is 0.734. The number of likely N-dealkylation sites (tertiary alicyclic amines) is 1. The Labute approximate surface area is 134 Å². The molecule has 1 aromatic rings. The van der Waals surface area contributed by atoms with Crippen molar-refractivity contribution in [3.05, 3.63) is 28.4 Å². The molecule has 0 radical (unpaired) electrons. The molecule has 0 unspecified atom stereocenters. The van der Waals surface area contributed by atoms with Crippen LogP contribution in [0, 0.1) is 10.1 Å². The summed E-state index contributed by atoms with van der Waals surface area (Å²) in [5, 5.41) is 11.1. The quantitative estimate of drug-likeness (QED) is 0.601. The van der Waals surface area contributed by atoms with E-state index in [1.807, 2.05) is 9.80 Å². The number of nitro groups is 1. The smallest absolute Gasteiger partial charge is 0.311 e. The molecule has 0 aromatic carbocycles. The van der Waals surface area contributed by atoms with Gasteiger partial charge >= 0.3 is 5.69 Å². The van der Waals surface area contributed by atoms with Crippen LogP contribution in [0.5, 0.6) is 0 Å². The number of amides is 1. The first-order valence-corrected chi connectivity index (χ1v) is 7.99. The van der Waals surface area contributed by atoms with E-state index in [4.69, 9.17) is 0 Å². The fourth-order valence-electron chi connectivity index (χ4n) is 3.15. The molecule has 0 atom stereocenters. The number of rotatable bonds is 4. The second kappa shape index (κ2) is 6.91. The molecule has 0 bridgehead atoms.